The van der Waals surface area contributed by atoms with E-state index >= 15 is 0 Å². The van der Waals surface area contributed by atoms with Gasteiger partial charge in [-0.15, -0.1) is 0 Å². The lowest BCUT2D eigenvalue weighted by molar-refractivity contribution is 0.101. The van der Waals surface area contributed by atoms with Gasteiger partial charge in [0.1, 0.15) is 24.5 Å². The van der Waals surface area contributed by atoms with Gasteiger partial charge in [0.2, 0.25) is 0 Å². The molecular formula is C22H18N2O5. The molecule has 0 bridgehead atoms. The van der Waals surface area contributed by atoms with Gasteiger partial charge in [0, 0.05) is 23.7 Å². The molecule has 0 fully saturated rings. The summed E-state index contributed by atoms with van der Waals surface area (Å²) in [6, 6.07) is 14.2. The van der Waals surface area contributed by atoms with Gasteiger partial charge in [-0.25, -0.2) is 4.79 Å². The summed E-state index contributed by atoms with van der Waals surface area (Å²) in [5.74, 6) is 0.931. The molecule has 0 aliphatic carbocycles. The monoisotopic (exact) mass is 390 g/mol. The molecule has 2 aromatic carbocycles. The number of rotatable bonds is 3. The van der Waals surface area contributed by atoms with Crippen molar-refractivity contribution in [2.75, 3.05) is 18.5 Å². The maximum absolute atomic E-state index is 13.0. The van der Waals surface area contributed by atoms with E-state index < -0.39 is 5.63 Å². The Balaban J connectivity index is 1.59. The molecule has 0 atom stereocenters. The second-order valence-electron chi connectivity index (χ2n) is 6.73. The van der Waals surface area contributed by atoms with E-state index in [1.54, 1.807) is 30.3 Å². The number of carbonyl (C=O) groups excluding carboxylic acids is 1. The number of fused-ring (bicyclic) bond motifs is 4. The van der Waals surface area contributed by atoms with E-state index in [9.17, 15) is 9.59 Å². The molecule has 0 radical (unpaired) electrons. The highest BCUT2D eigenvalue weighted by Crippen LogP contribution is 2.33. The molecule has 1 N–H and O–H groups in total. The van der Waals surface area contributed by atoms with Crippen LogP contribution in [0.2, 0.25) is 0 Å². The van der Waals surface area contributed by atoms with Crippen LogP contribution in [0.3, 0.4) is 0 Å². The second kappa shape index (κ2) is 6.70. The molecule has 0 spiro atoms. The predicted molar refractivity (Wildman–Crippen MR) is 109 cm³/mol. The number of benzene rings is 2. The lowest BCUT2D eigenvalue weighted by Crippen LogP contribution is -2.18. The minimum Gasteiger partial charge on any atom is -0.486 e. The van der Waals surface area contributed by atoms with Gasteiger partial charge in [-0.3, -0.25) is 4.79 Å². The molecule has 1 aliphatic heterocycles. The highest BCUT2D eigenvalue weighted by Gasteiger charge is 2.20. The number of hydrogen-bond acceptors (Lipinski definition) is 5. The van der Waals surface area contributed by atoms with E-state index in [1.165, 1.54) is 0 Å². The smallest absolute Gasteiger partial charge is 0.345 e. The van der Waals surface area contributed by atoms with Crippen LogP contribution < -0.4 is 20.4 Å². The molecule has 7 nitrogen and oxygen atoms in total. The Labute approximate surface area is 165 Å². The summed E-state index contributed by atoms with van der Waals surface area (Å²) in [7, 11) is 0. The lowest BCUT2D eigenvalue weighted by Gasteiger charge is -2.19. The third-order valence-corrected chi connectivity index (χ3v) is 5.01. The third-order valence-electron chi connectivity index (χ3n) is 5.01. The van der Waals surface area contributed by atoms with Crippen LogP contribution in [0.25, 0.3) is 21.9 Å². The summed E-state index contributed by atoms with van der Waals surface area (Å²) < 4.78 is 18.3. The summed E-state index contributed by atoms with van der Waals surface area (Å²) in [5, 5.41) is 4.06. The fourth-order valence-corrected chi connectivity index (χ4v) is 3.73. The van der Waals surface area contributed by atoms with Crippen molar-refractivity contribution in [2.45, 2.75) is 13.5 Å². The van der Waals surface area contributed by atoms with Crippen LogP contribution in [0.15, 0.2) is 57.7 Å². The van der Waals surface area contributed by atoms with Gasteiger partial charge < -0.3 is 23.8 Å². The maximum Gasteiger partial charge on any atom is 0.345 e. The first-order valence-electron chi connectivity index (χ1n) is 9.42. The molecule has 146 valence electrons. The molecule has 5 rings (SSSR count). The number of nitrogens with zero attached hydrogens (tertiary/aromatic N) is 1. The molecule has 4 aromatic rings. The Hall–Kier alpha value is -3.74. The van der Waals surface area contributed by atoms with E-state index in [0.717, 1.165) is 5.39 Å². The molecule has 1 amide bonds. The Morgan fingerprint density at radius 3 is 2.66 bits per heavy atom. The number of para-hydroxylation sites is 1. The summed E-state index contributed by atoms with van der Waals surface area (Å²) in [6.07, 6.45) is 0. The third kappa shape index (κ3) is 2.82. The fraction of sp³-hybridized carbons (Fsp3) is 0.182. The summed E-state index contributed by atoms with van der Waals surface area (Å²) >= 11 is 0. The number of aromatic nitrogens is 1. The highest BCUT2D eigenvalue weighted by molar-refractivity contribution is 6.10. The minimum atomic E-state index is -0.459. The van der Waals surface area contributed by atoms with Crippen LogP contribution in [0.1, 0.15) is 17.4 Å². The first kappa shape index (κ1) is 17.4. The fourth-order valence-electron chi connectivity index (χ4n) is 3.73. The topological polar surface area (TPSA) is 82.7 Å². The molecule has 0 unspecified atom stereocenters. The van der Waals surface area contributed by atoms with Crippen molar-refractivity contribution in [1.29, 1.82) is 0 Å². The van der Waals surface area contributed by atoms with Gasteiger partial charge in [-0.05, 0) is 37.3 Å². The van der Waals surface area contributed by atoms with Crippen molar-refractivity contribution in [3.63, 3.8) is 0 Å². The van der Waals surface area contributed by atoms with Crippen molar-refractivity contribution in [3.05, 3.63) is 64.6 Å². The van der Waals surface area contributed by atoms with E-state index in [4.69, 9.17) is 13.9 Å². The first-order valence-corrected chi connectivity index (χ1v) is 9.42. The van der Waals surface area contributed by atoms with Crippen LogP contribution in [0, 0.1) is 0 Å². The standard InChI is InChI=1S/C22H18N2O5/c1-2-24-16(12-15-20(24)14-5-3-4-6-17(14)29-22(15)26)21(25)23-13-7-8-18-19(11-13)28-10-9-27-18/h3-8,11-12H,2,9-10H2,1H3,(H,23,25). The zero-order chi connectivity index (χ0) is 20.0. The second-order valence-corrected chi connectivity index (χ2v) is 6.73. The van der Waals surface area contributed by atoms with Crippen LogP contribution in [-0.4, -0.2) is 23.7 Å². The average Bonchev–Trinajstić information content (AvgIpc) is 3.14. The number of anilines is 1. The van der Waals surface area contributed by atoms with Crippen molar-refractivity contribution >= 4 is 33.5 Å². The SMILES string of the molecule is CCn1c(C(=O)Nc2ccc3c(c2)OCCO3)cc2c(=O)oc3ccccc3c21. The van der Waals surface area contributed by atoms with E-state index in [-0.39, 0.29) is 5.91 Å². The summed E-state index contributed by atoms with van der Waals surface area (Å²) in [5.41, 5.74) is 1.72. The Morgan fingerprint density at radius 2 is 1.83 bits per heavy atom. The maximum atomic E-state index is 13.0. The molecule has 1 aliphatic rings. The Morgan fingerprint density at radius 1 is 1.03 bits per heavy atom. The molecule has 7 heteroatoms. The molecule has 0 saturated heterocycles. The molecule has 0 saturated carbocycles. The lowest BCUT2D eigenvalue weighted by atomic mass is 10.2. The molecule has 3 heterocycles. The summed E-state index contributed by atoms with van der Waals surface area (Å²) in [6.45, 7) is 3.44. The quantitative estimate of drug-likeness (QED) is 0.538. The number of carbonyl (C=O) groups is 1. The zero-order valence-corrected chi connectivity index (χ0v) is 15.7. The molecular weight excluding hydrogens is 372 g/mol. The first-order chi connectivity index (χ1) is 14.2. The zero-order valence-electron chi connectivity index (χ0n) is 15.7. The minimum absolute atomic E-state index is 0.316. The number of ether oxygens (including phenoxy) is 2. The largest absolute Gasteiger partial charge is 0.486 e. The Kier molecular flexibility index (Phi) is 4.01. The van der Waals surface area contributed by atoms with E-state index in [0.29, 0.717) is 59.1 Å². The van der Waals surface area contributed by atoms with E-state index in [1.807, 2.05) is 29.7 Å². The molecule has 2 aromatic heterocycles. The number of hydrogen-bond donors (Lipinski definition) is 1. The number of aryl methyl sites for hydroxylation is 1. The average molecular weight is 390 g/mol. The van der Waals surface area contributed by atoms with Gasteiger partial charge in [0.25, 0.3) is 5.91 Å². The normalized spacial score (nSPS) is 13.0. The summed E-state index contributed by atoms with van der Waals surface area (Å²) in [4.78, 5) is 25.5. The van der Waals surface area contributed by atoms with Crippen molar-refractivity contribution in [1.82, 2.24) is 4.57 Å². The van der Waals surface area contributed by atoms with Gasteiger partial charge in [0.05, 0.1) is 10.9 Å². The van der Waals surface area contributed by atoms with Gasteiger partial charge in [-0.2, -0.15) is 0 Å². The van der Waals surface area contributed by atoms with Crippen molar-refractivity contribution in [3.8, 4) is 11.5 Å². The predicted octanol–water partition coefficient (Wildman–Crippen LogP) is 3.79. The van der Waals surface area contributed by atoms with Crippen molar-refractivity contribution < 1.29 is 18.7 Å². The highest BCUT2D eigenvalue weighted by atomic mass is 16.6. The van der Waals surface area contributed by atoms with Gasteiger partial charge in [0.15, 0.2) is 11.5 Å². The Bertz CT molecular complexity index is 1320. The van der Waals surface area contributed by atoms with Crippen LogP contribution in [0.5, 0.6) is 11.5 Å². The van der Waals surface area contributed by atoms with E-state index in [2.05, 4.69) is 5.32 Å². The molecule has 29 heavy (non-hydrogen) atoms. The number of amides is 1. The van der Waals surface area contributed by atoms with Crippen molar-refractivity contribution in [2.24, 2.45) is 0 Å². The van der Waals surface area contributed by atoms with Crippen LogP contribution in [-0.2, 0) is 6.54 Å². The van der Waals surface area contributed by atoms with Crippen LogP contribution in [0.4, 0.5) is 5.69 Å². The van der Waals surface area contributed by atoms with Gasteiger partial charge in [-0.1, -0.05) is 12.1 Å². The van der Waals surface area contributed by atoms with Gasteiger partial charge >= 0.3 is 5.63 Å². The number of nitrogens with one attached hydrogen (secondary N) is 1. The van der Waals surface area contributed by atoms with Crippen LogP contribution >= 0.6 is 0 Å².